The number of esters is 1. The fourth-order valence-corrected chi connectivity index (χ4v) is 2.04. The third-order valence-corrected chi connectivity index (χ3v) is 3.28. The molecule has 1 aromatic carbocycles. The lowest BCUT2D eigenvalue weighted by molar-refractivity contribution is -0.148. The number of nitrogens with two attached hydrogens (primary N) is 1. The summed E-state index contributed by atoms with van der Waals surface area (Å²) in [5, 5.41) is 0. The molecule has 0 unspecified atom stereocenters. The number of carbonyl (C=O) groups excluding carboxylic acids is 2. The summed E-state index contributed by atoms with van der Waals surface area (Å²) in [6.07, 6.45) is 1.94. The van der Waals surface area contributed by atoms with Gasteiger partial charge in [0.05, 0.1) is 20.3 Å². The first-order valence-electron chi connectivity index (χ1n) is 8.81. The number of benzene rings is 1. The standard InChI is InChI=1S/C20H29NO7/c1-20(2,3)28-18(22)10-7-16(13-27-19(21)23)12-26-14-25-11-15-5-8-17(24-4)9-6-15/h5-10,16H,11-14H2,1-4H3,(H2,21,23)/b10-7+/t16-/m1/s1. The summed E-state index contributed by atoms with van der Waals surface area (Å²) >= 11 is 0. The lowest BCUT2D eigenvalue weighted by Gasteiger charge is -2.18. The molecule has 0 heterocycles. The molecule has 0 saturated carbocycles. The number of hydrogen-bond acceptors (Lipinski definition) is 7. The van der Waals surface area contributed by atoms with Gasteiger partial charge >= 0.3 is 12.1 Å². The third-order valence-electron chi connectivity index (χ3n) is 3.28. The maximum atomic E-state index is 11.8. The van der Waals surface area contributed by atoms with Crippen LogP contribution in [0, 0.1) is 5.92 Å². The molecule has 0 aliphatic carbocycles. The lowest BCUT2D eigenvalue weighted by atomic mass is 10.1. The molecular weight excluding hydrogens is 366 g/mol. The summed E-state index contributed by atoms with van der Waals surface area (Å²) in [6.45, 7) is 5.89. The summed E-state index contributed by atoms with van der Waals surface area (Å²) in [5.74, 6) is -0.0917. The molecule has 1 rings (SSSR count). The van der Waals surface area contributed by atoms with Gasteiger partial charge in [0.1, 0.15) is 24.8 Å². The zero-order valence-electron chi connectivity index (χ0n) is 16.8. The minimum atomic E-state index is -0.897. The van der Waals surface area contributed by atoms with Gasteiger partial charge in [0.15, 0.2) is 0 Å². The van der Waals surface area contributed by atoms with Crippen molar-refractivity contribution < 1.29 is 33.3 Å². The van der Waals surface area contributed by atoms with Crippen molar-refractivity contribution in [2.24, 2.45) is 11.7 Å². The van der Waals surface area contributed by atoms with Gasteiger partial charge in [0, 0.05) is 12.0 Å². The van der Waals surface area contributed by atoms with E-state index in [1.54, 1.807) is 34.0 Å². The number of carbonyl (C=O) groups is 2. The third kappa shape index (κ3) is 11.2. The van der Waals surface area contributed by atoms with E-state index in [1.165, 1.54) is 6.08 Å². The Morgan fingerprint density at radius 2 is 1.79 bits per heavy atom. The van der Waals surface area contributed by atoms with Crippen molar-refractivity contribution in [2.75, 3.05) is 27.1 Å². The van der Waals surface area contributed by atoms with Crippen molar-refractivity contribution in [3.8, 4) is 5.75 Å². The molecular formula is C20H29NO7. The van der Waals surface area contributed by atoms with Crippen molar-refractivity contribution in [1.29, 1.82) is 0 Å². The molecule has 8 heteroatoms. The van der Waals surface area contributed by atoms with Gasteiger partial charge in [-0.1, -0.05) is 18.2 Å². The largest absolute Gasteiger partial charge is 0.497 e. The van der Waals surface area contributed by atoms with Crippen LogP contribution in [0.4, 0.5) is 4.79 Å². The molecule has 156 valence electrons. The van der Waals surface area contributed by atoms with Gasteiger partial charge in [-0.25, -0.2) is 9.59 Å². The van der Waals surface area contributed by atoms with Gasteiger partial charge in [-0.15, -0.1) is 0 Å². The van der Waals surface area contributed by atoms with E-state index >= 15 is 0 Å². The number of rotatable bonds is 11. The maximum absolute atomic E-state index is 11.8. The van der Waals surface area contributed by atoms with Crippen molar-refractivity contribution in [2.45, 2.75) is 33.0 Å². The van der Waals surface area contributed by atoms with E-state index in [1.807, 2.05) is 24.3 Å². The second kappa shape index (κ2) is 12.0. The summed E-state index contributed by atoms with van der Waals surface area (Å²) in [6, 6.07) is 7.48. The summed E-state index contributed by atoms with van der Waals surface area (Å²) in [7, 11) is 1.61. The summed E-state index contributed by atoms with van der Waals surface area (Å²) in [5.41, 5.74) is 5.37. The molecule has 8 nitrogen and oxygen atoms in total. The van der Waals surface area contributed by atoms with E-state index in [0.717, 1.165) is 11.3 Å². The fourth-order valence-electron chi connectivity index (χ4n) is 2.04. The quantitative estimate of drug-likeness (QED) is 0.266. The van der Waals surface area contributed by atoms with E-state index in [2.05, 4.69) is 0 Å². The van der Waals surface area contributed by atoms with Crippen LogP contribution < -0.4 is 10.5 Å². The average Bonchev–Trinajstić information content (AvgIpc) is 2.62. The van der Waals surface area contributed by atoms with Crippen LogP contribution in [0.5, 0.6) is 5.75 Å². The van der Waals surface area contributed by atoms with Gasteiger partial charge in [-0.2, -0.15) is 0 Å². The molecule has 1 amide bonds. The van der Waals surface area contributed by atoms with Gasteiger partial charge in [-0.05, 0) is 38.5 Å². The van der Waals surface area contributed by atoms with Crippen LogP contribution >= 0.6 is 0 Å². The van der Waals surface area contributed by atoms with E-state index in [9.17, 15) is 9.59 Å². The highest BCUT2D eigenvalue weighted by atomic mass is 16.7. The second-order valence-electron chi connectivity index (χ2n) is 6.97. The van der Waals surface area contributed by atoms with Crippen LogP contribution in [0.3, 0.4) is 0 Å². The van der Waals surface area contributed by atoms with Gasteiger partial charge < -0.3 is 29.4 Å². The van der Waals surface area contributed by atoms with Crippen LogP contribution in [-0.4, -0.2) is 44.8 Å². The minimum Gasteiger partial charge on any atom is -0.497 e. The Labute approximate surface area is 165 Å². The van der Waals surface area contributed by atoms with Crippen molar-refractivity contribution >= 4 is 12.1 Å². The monoisotopic (exact) mass is 395 g/mol. The minimum absolute atomic E-state index is 0.0207. The van der Waals surface area contributed by atoms with E-state index < -0.39 is 17.7 Å². The van der Waals surface area contributed by atoms with Crippen LogP contribution in [0.15, 0.2) is 36.4 Å². The summed E-state index contributed by atoms with van der Waals surface area (Å²) < 4.78 is 26.0. The summed E-state index contributed by atoms with van der Waals surface area (Å²) in [4.78, 5) is 22.6. The number of hydrogen-bond donors (Lipinski definition) is 1. The normalized spacial score (nSPS) is 12.6. The van der Waals surface area contributed by atoms with Crippen molar-refractivity contribution in [3.63, 3.8) is 0 Å². The van der Waals surface area contributed by atoms with Crippen LogP contribution in [0.1, 0.15) is 26.3 Å². The first-order valence-corrected chi connectivity index (χ1v) is 8.81. The maximum Gasteiger partial charge on any atom is 0.404 e. The Morgan fingerprint density at radius 1 is 1.11 bits per heavy atom. The highest BCUT2D eigenvalue weighted by Crippen LogP contribution is 2.12. The molecule has 1 aromatic rings. The Balaban J connectivity index is 2.41. The zero-order valence-corrected chi connectivity index (χ0v) is 16.8. The molecule has 0 radical (unpaired) electrons. The molecule has 28 heavy (non-hydrogen) atoms. The van der Waals surface area contributed by atoms with Crippen LogP contribution in [0.2, 0.25) is 0 Å². The smallest absolute Gasteiger partial charge is 0.404 e. The number of methoxy groups -OCH3 is 1. The molecule has 0 fully saturated rings. The van der Waals surface area contributed by atoms with E-state index in [-0.39, 0.29) is 25.9 Å². The molecule has 1 atom stereocenters. The fraction of sp³-hybridized carbons (Fsp3) is 0.500. The first kappa shape index (κ1) is 23.5. The predicted octanol–water partition coefficient (Wildman–Crippen LogP) is 2.80. The van der Waals surface area contributed by atoms with Crippen LogP contribution in [-0.2, 0) is 30.3 Å². The first-order chi connectivity index (χ1) is 13.2. The van der Waals surface area contributed by atoms with Gasteiger partial charge in [0.25, 0.3) is 0 Å². The molecule has 2 N–H and O–H groups in total. The second-order valence-corrected chi connectivity index (χ2v) is 6.97. The molecule has 0 aromatic heterocycles. The molecule has 0 aliphatic heterocycles. The number of amides is 1. The Morgan fingerprint density at radius 3 is 2.36 bits per heavy atom. The molecule has 0 aliphatic rings. The molecule has 0 spiro atoms. The van der Waals surface area contributed by atoms with Crippen molar-refractivity contribution in [3.05, 3.63) is 42.0 Å². The topological polar surface area (TPSA) is 106 Å². The van der Waals surface area contributed by atoms with Crippen LogP contribution in [0.25, 0.3) is 0 Å². The molecule has 0 bridgehead atoms. The lowest BCUT2D eigenvalue weighted by Crippen LogP contribution is -2.24. The van der Waals surface area contributed by atoms with Crippen molar-refractivity contribution in [1.82, 2.24) is 0 Å². The van der Waals surface area contributed by atoms with Gasteiger partial charge in [-0.3, -0.25) is 0 Å². The van der Waals surface area contributed by atoms with Gasteiger partial charge in [0.2, 0.25) is 0 Å². The number of primary amides is 1. The Bertz CT molecular complexity index is 635. The zero-order chi connectivity index (χ0) is 21.0. The Hall–Kier alpha value is -2.58. The predicted molar refractivity (Wildman–Crippen MR) is 103 cm³/mol. The average molecular weight is 395 g/mol. The highest BCUT2D eigenvalue weighted by Gasteiger charge is 2.15. The number of ether oxygens (including phenoxy) is 5. The highest BCUT2D eigenvalue weighted by molar-refractivity contribution is 5.82. The Kier molecular flexibility index (Phi) is 10.0. The van der Waals surface area contributed by atoms with E-state index in [4.69, 9.17) is 29.4 Å². The SMILES string of the molecule is COc1ccc(COCOC[C@@H](/C=C/C(=O)OC(C)(C)C)COC(N)=O)cc1. The molecule has 0 saturated heterocycles. The van der Waals surface area contributed by atoms with E-state index in [0.29, 0.717) is 6.61 Å².